The van der Waals surface area contributed by atoms with Crippen molar-refractivity contribution in [2.24, 2.45) is 0 Å². The Balaban J connectivity index is 1.71. The van der Waals surface area contributed by atoms with E-state index in [2.05, 4.69) is 31.3 Å². The number of nitrogens with one attached hydrogen (secondary N) is 1. The molecule has 1 unspecified atom stereocenters. The van der Waals surface area contributed by atoms with Crippen LogP contribution in [0.1, 0.15) is 36.4 Å². The summed E-state index contributed by atoms with van der Waals surface area (Å²) < 4.78 is 5.05. The fourth-order valence-corrected chi connectivity index (χ4v) is 3.82. The average molecular weight is 310 g/mol. The molecule has 1 aromatic heterocycles. The first kappa shape index (κ1) is 16.3. The highest BCUT2D eigenvalue weighted by molar-refractivity contribution is 7.11. The first-order valence-corrected chi connectivity index (χ1v) is 8.63. The normalized spacial score (nSPS) is 17.8. The van der Waals surface area contributed by atoms with Crippen molar-refractivity contribution in [2.75, 3.05) is 19.7 Å². The van der Waals surface area contributed by atoms with E-state index in [9.17, 15) is 4.79 Å². The molecule has 1 aromatic rings. The summed E-state index contributed by atoms with van der Waals surface area (Å²) in [4.78, 5) is 16.3. The Kier molecular flexibility index (Phi) is 6.06. The van der Waals surface area contributed by atoms with Gasteiger partial charge in [-0.3, -0.25) is 0 Å². The van der Waals surface area contributed by atoms with Gasteiger partial charge in [-0.05, 0) is 52.2 Å². The monoisotopic (exact) mass is 310 g/mol. The molecule has 0 aromatic carbocycles. The maximum atomic E-state index is 11.7. The molecule has 0 bridgehead atoms. The van der Waals surface area contributed by atoms with E-state index in [4.69, 9.17) is 4.74 Å². The molecule has 0 aliphatic carbocycles. The van der Waals surface area contributed by atoms with E-state index in [1.807, 2.05) is 23.2 Å². The molecule has 1 N–H and O–H groups in total. The third-order valence-electron chi connectivity index (χ3n) is 3.84. The predicted molar refractivity (Wildman–Crippen MR) is 87.0 cm³/mol. The lowest BCUT2D eigenvalue weighted by molar-refractivity contribution is 0.0944. The summed E-state index contributed by atoms with van der Waals surface area (Å²) >= 11 is 1.88. The van der Waals surface area contributed by atoms with E-state index in [0.717, 1.165) is 32.4 Å². The number of thiophene rings is 1. The van der Waals surface area contributed by atoms with E-state index in [1.165, 1.54) is 9.75 Å². The van der Waals surface area contributed by atoms with Gasteiger partial charge in [0.05, 0.1) is 6.61 Å². The largest absolute Gasteiger partial charge is 0.450 e. The molecule has 2 heterocycles. The number of carbonyl (C=O) groups is 1. The Morgan fingerprint density at radius 2 is 2.19 bits per heavy atom. The third-order valence-corrected chi connectivity index (χ3v) is 4.87. The summed E-state index contributed by atoms with van der Waals surface area (Å²) in [7, 11) is 0. The maximum absolute atomic E-state index is 11.7. The van der Waals surface area contributed by atoms with Gasteiger partial charge in [-0.15, -0.1) is 11.3 Å². The number of piperidine rings is 1. The second-order valence-electron chi connectivity index (χ2n) is 5.74. The molecule has 1 fully saturated rings. The molecule has 2 rings (SSSR count). The van der Waals surface area contributed by atoms with Gasteiger partial charge in [0, 0.05) is 34.9 Å². The Bertz CT molecular complexity index is 453. The van der Waals surface area contributed by atoms with Crippen LogP contribution < -0.4 is 5.32 Å². The fraction of sp³-hybridized carbons (Fsp3) is 0.688. The summed E-state index contributed by atoms with van der Waals surface area (Å²) in [5.41, 5.74) is 0. The van der Waals surface area contributed by atoms with Gasteiger partial charge in [0.1, 0.15) is 0 Å². The van der Waals surface area contributed by atoms with E-state index in [0.29, 0.717) is 18.7 Å². The first-order valence-electron chi connectivity index (χ1n) is 7.81. The number of rotatable bonds is 5. The topological polar surface area (TPSA) is 41.6 Å². The van der Waals surface area contributed by atoms with Gasteiger partial charge in [-0.2, -0.15) is 0 Å². The van der Waals surface area contributed by atoms with Crippen LogP contribution in [0.4, 0.5) is 4.79 Å². The van der Waals surface area contributed by atoms with Gasteiger partial charge in [0.25, 0.3) is 0 Å². The van der Waals surface area contributed by atoms with Crippen molar-refractivity contribution >= 4 is 17.4 Å². The molecule has 1 atom stereocenters. The zero-order valence-electron chi connectivity index (χ0n) is 13.2. The second kappa shape index (κ2) is 7.80. The number of hydrogen-bond acceptors (Lipinski definition) is 4. The van der Waals surface area contributed by atoms with E-state index >= 15 is 0 Å². The van der Waals surface area contributed by atoms with E-state index in [-0.39, 0.29) is 6.09 Å². The van der Waals surface area contributed by atoms with Crippen LogP contribution in [-0.2, 0) is 11.2 Å². The molecule has 21 heavy (non-hydrogen) atoms. The molecule has 0 spiro atoms. The lowest BCUT2D eigenvalue weighted by Gasteiger charge is -2.33. The van der Waals surface area contributed by atoms with Gasteiger partial charge >= 0.3 is 6.09 Å². The minimum absolute atomic E-state index is 0.168. The number of carbonyl (C=O) groups excluding carboxylic acids is 1. The van der Waals surface area contributed by atoms with Crippen LogP contribution >= 0.6 is 11.3 Å². The lowest BCUT2D eigenvalue weighted by atomic mass is 10.0. The van der Waals surface area contributed by atoms with Crippen molar-refractivity contribution in [1.29, 1.82) is 0 Å². The van der Waals surface area contributed by atoms with Gasteiger partial charge in [0.15, 0.2) is 0 Å². The molecular weight excluding hydrogens is 284 g/mol. The molecule has 1 aliphatic heterocycles. The summed E-state index contributed by atoms with van der Waals surface area (Å²) in [5, 5.41) is 3.70. The van der Waals surface area contributed by atoms with E-state index in [1.54, 1.807) is 0 Å². The molecule has 5 heteroatoms. The summed E-state index contributed by atoms with van der Waals surface area (Å²) in [6.07, 6.45) is 2.92. The third kappa shape index (κ3) is 5.00. The summed E-state index contributed by atoms with van der Waals surface area (Å²) in [5.74, 6) is 0. The number of amides is 1. The molecular formula is C16H26N2O2S. The molecule has 1 aliphatic rings. The van der Waals surface area contributed by atoms with Gasteiger partial charge in [-0.1, -0.05) is 0 Å². The van der Waals surface area contributed by atoms with Crippen molar-refractivity contribution in [3.63, 3.8) is 0 Å². The van der Waals surface area contributed by atoms with Crippen molar-refractivity contribution in [2.45, 2.75) is 52.1 Å². The maximum Gasteiger partial charge on any atom is 0.409 e. The van der Waals surface area contributed by atoms with Crippen molar-refractivity contribution in [3.05, 3.63) is 21.9 Å². The molecule has 1 saturated heterocycles. The van der Waals surface area contributed by atoms with Crippen LogP contribution in [-0.4, -0.2) is 42.8 Å². The molecule has 0 saturated carbocycles. The van der Waals surface area contributed by atoms with Crippen molar-refractivity contribution in [1.82, 2.24) is 10.2 Å². The lowest BCUT2D eigenvalue weighted by Crippen LogP contribution is -2.47. The Morgan fingerprint density at radius 1 is 1.48 bits per heavy atom. The van der Waals surface area contributed by atoms with Crippen LogP contribution in [0.5, 0.6) is 0 Å². The Labute approximate surface area is 131 Å². The molecule has 0 radical (unpaired) electrons. The highest BCUT2D eigenvalue weighted by Gasteiger charge is 2.24. The molecule has 4 nitrogen and oxygen atoms in total. The van der Waals surface area contributed by atoms with Crippen molar-refractivity contribution in [3.8, 4) is 0 Å². The Hall–Kier alpha value is -1.07. The van der Waals surface area contributed by atoms with Gasteiger partial charge in [0.2, 0.25) is 0 Å². The highest BCUT2D eigenvalue weighted by atomic mass is 32.1. The fourth-order valence-electron chi connectivity index (χ4n) is 2.80. The zero-order chi connectivity index (χ0) is 15.2. The standard InChI is InChI=1S/C16H26N2O2S/c1-4-20-16(19)18-9-7-14(8-10-18)17-12(2)11-15-6-5-13(3)21-15/h5-6,12,14,17H,4,7-11H2,1-3H3. The number of hydrogen-bond donors (Lipinski definition) is 1. The van der Waals surface area contributed by atoms with Gasteiger partial charge < -0.3 is 15.0 Å². The average Bonchev–Trinajstić information content (AvgIpc) is 2.85. The number of aryl methyl sites for hydroxylation is 1. The SMILES string of the molecule is CCOC(=O)N1CCC(NC(C)Cc2ccc(C)s2)CC1. The van der Waals surface area contributed by atoms with Crippen LogP contribution in [0.3, 0.4) is 0 Å². The second-order valence-corrected chi connectivity index (χ2v) is 7.12. The number of nitrogens with zero attached hydrogens (tertiary/aromatic N) is 1. The van der Waals surface area contributed by atoms with Gasteiger partial charge in [-0.25, -0.2) is 4.79 Å². The highest BCUT2D eigenvalue weighted by Crippen LogP contribution is 2.18. The smallest absolute Gasteiger partial charge is 0.409 e. The first-order chi connectivity index (χ1) is 10.1. The Morgan fingerprint density at radius 3 is 2.76 bits per heavy atom. The molecule has 118 valence electrons. The summed E-state index contributed by atoms with van der Waals surface area (Å²) in [6.45, 7) is 8.28. The van der Waals surface area contributed by atoms with Crippen molar-refractivity contribution < 1.29 is 9.53 Å². The minimum atomic E-state index is -0.168. The zero-order valence-corrected chi connectivity index (χ0v) is 14.0. The number of likely N-dealkylation sites (tertiary alicyclic amines) is 1. The van der Waals surface area contributed by atoms with Crippen LogP contribution in [0, 0.1) is 6.92 Å². The quantitative estimate of drug-likeness (QED) is 0.908. The van der Waals surface area contributed by atoms with E-state index < -0.39 is 0 Å². The van der Waals surface area contributed by atoms with Crippen LogP contribution in [0.2, 0.25) is 0 Å². The predicted octanol–water partition coefficient (Wildman–Crippen LogP) is 3.20. The summed E-state index contributed by atoms with van der Waals surface area (Å²) in [6, 6.07) is 5.39. The molecule has 1 amide bonds. The van der Waals surface area contributed by atoms with Crippen LogP contribution in [0.25, 0.3) is 0 Å². The van der Waals surface area contributed by atoms with Crippen LogP contribution in [0.15, 0.2) is 12.1 Å². The minimum Gasteiger partial charge on any atom is -0.450 e. The number of ether oxygens (including phenoxy) is 1.